The zero-order chi connectivity index (χ0) is 22.2. The summed E-state index contributed by atoms with van der Waals surface area (Å²) < 4.78 is 5.63. The minimum atomic E-state index is 0.165. The predicted molar refractivity (Wildman–Crippen MR) is 127 cm³/mol. The Morgan fingerprint density at radius 3 is 3.00 bits per heavy atom. The molecular formula is C23H26N6O2S. The van der Waals surface area contributed by atoms with Gasteiger partial charge in [-0.2, -0.15) is 0 Å². The molecule has 2 aliphatic heterocycles. The zero-order valence-corrected chi connectivity index (χ0v) is 19.3. The molecule has 2 aliphatic rings. The fraction of sp³-hybridized carbons (Fsp3) is 0.391. The van der Waals surface area contributed by atoms with Crippen LogP contribution in [0, 0.1) is 0 Å². The lowest BCUT2D eigenvalue weighted by Gasteiger charge is -2.27. The molecule has 0 bridgehead atoms. The Labute approximate surface area is 190 Å². The summed E-state index contributed by atoms with van der Waals surface area (Å²) in [6.45, 7) is 3.23. The summed E-state index contributed by atoms with van der Waals surface area (Å²) in [7, 11) is 5.29. The van der Waals surface area contributed by atoms with E-state index in [0.717, 1.165) is 59.1 Å². The number of carbonyl (C=O) groups is 1. The highest BCUT2D eigenvalue weighted by Crippen LogP contribution is 2.39. The maximum absolute atomic E-state index is 12.0. The van der Waals surface area contributed by atoms with Crippen LogP contribution >= 0.6 is 11.3 Å². The molecule has 0 saturated carbocycles. The van der Waals surface area contributed by atoms with Crippen molar-refractivity contribution in [2.24, 2.45) is 4.99 Å². The number of hydrogen-bond acceptors (Lipinski definition) is 8. The lowest BCUT2D eigenvalue weighted by atomic mass is 10.0. The molecule has 1 N–H and O–H groups in total. The van der Waals surface area contributed by atoms with Gasteiger partial charge in [0.15, 0.2) is 0 Å². The van der Waals surface area contributed by atoms with E-state index in [1.165, 1.54) is 16.0 Å². The maximum Gasteiger partial charge on any atom is 0.223 e. The quantitative estimate of drug-likeness (QED) is 0.621. The first-order chi connectivity index (χ1) is 15.5. The molecule has 1 aromatic carbocycles. The highest BCUT2D eigenvalue weighted by atomic mass is 32.1. The second kappa shape index (κ2) is 8.48. The summed E-state index contributed by atoms with van der Waals surface area (Å²) in [5.74, 6) is 1.75. The van der Waals surface area contributed by atoms with E-state index in [9.17, 15) is 4.79 Å². The third kappa shape index (κ3) is 3.82. The molecule has 0 atom stereocenters. The van der Waals surface area contributed by atoms with Crippen molar-refractivity contribution in [1.29, 1.82) is 0 Å². The molecule has 5 rings (SSSR count). The number of benzene rings is 1. The van der Waals surface area contributed by atoms with Crippen LogP contribution in [0.3, 0.4) is 0 Å². The Morgan fingerprint density at radius 2 is 2.19 bits per heavy atom. The number of nitrogens with zero attached hydrogens (tertiary/aromatic N) is 5. The van der Waals surface area contributed by atoms with Gasteiger partial charge in [0.25, 0.3) is 0 Å². The van der Waals surface area contributed by atoms with E-state index in [1.54, 1.807) is 43.8 Å². The van der Waals surface area contributed by atoms with E-state index in [4.69, 9.17) is 4.74 Å². The monoisotopic (exact) mass is 450 g/mol. The van der Waals surface area contributed by atoms with Crippen molar-refractivity contribution in [3.05, 3.63) is 40.0 Å². The highest BCUT2D eigenvalue weighted by molar-refractivity contribution is 7.19. The van der Waals surface area contributed by atoms with Crippen molar-refractivity contribution < 1.29 is 9.53 Å². The summed E-state index contributed by atoms with van der Waals surface area (Å²) in [4.78, 5) is 31.8. The van der Waals surface area contributed by atoms with E-state index < -0.39 is 0 Å². The summed E-state index contributed by atoms with van der Waals surface area (Å²) in [6, 6.07) is 4.11. The van der Waals surface area contributed by atoms with Crippen LogP contribution in [0.25, 0.3) is 10.2 Å². The van der Waals surface area contributed by atoms with Crippen molar-refractivity contribution in [3.8, 4) is 5.75 Å². The Balaban J connectivity index is 1.43. The zero-order valence-electron chi connectivity index (χ0n) is 18.5. The first kappa shape index (κ1) is 20.8. The van der Waals surface area contributed by atoms with Crippen molar-refractivity contribution in [2.45, 2.75) is 25.9 Å². The Hall–Kier alpha value is -3.04. The van der Waals surface area contributed by atoms with Gasteiger partial charge >= 0.3 is 0 Å². The van der Waals surface area contributed by atoms with Crippen LogP contribution < -0.4 is 10.1 Å². The minimum Gasteiger partial charge on any atom is -0.495 e. The standard InChI is InChI=1S/C23H26N6O2S/c1-28(2)20(30)5-7-29-6-4-16-19(12-29)32-23-21(16)22(25-13-26-23)27-17-8-14-10-24-11-15(14)9-18(17)31-3/h8-10,13H,4-7,11-12H2,1-3H3,(H,25,26,27). The number of fused-ring (bicyclic) bond motifs is 4. The Bertz CT molecular complexity index is 1220. The largest absolute Gasteiger partial charge is 0.495 e. The van der Waals surface area contributed by atoms with Crippen molar-refractivity contribution >= 4 is 45.2 Å². The molecule has 32 heavy (non-hydrogen) atoms. The van der Waals surface area contributed by atoms with Gasteiger partial charge in [-0.25, -0.2) is 9.97 Å². The van der Waals surface area contributed by atoms with E-state index in [-0.39, 0.29) is 5.91 Å². The second-order valence-corrected chi connectivity index (χ2v) is 9.40. The molecule has 0 aliphatic carbocycles. The van der Waals surface area contributed by atoms with Crippen LogP contribution in [0.5, 0.6) is 5.75 Å². The number of anilines is 2. The summed E-state index contributed by atoms with van der Waals surface area (Å²) >= 11 is 1.72. The number of carbonyl (C=O) groups excluding carboxylic acids is 1. The minimum absolute atomic E-state index is 0.165. The lowest BCUT2D eigenvalue weighted by molar-refractivity contribution is -0.129. The van der Waals surface area contributed by atoms with Gasteiger partial charge < -0.3 is 15.0 Å². The predicted octanol–water partition coefficient (Wildman–Crippen LogP) is 3.21. The molecule has 0 spiro atoms. The second-order valence-electron chi connectivity index (χ2n) is 8.32. The Morgan fingerprint density at radius 1 is 1.31 bits per heavy atom. The number of aliphatic imine (C=N–C) groups is 1. The molecule has 3 aromatic rings. The van der Waals surface area contributed by atoms with E-state index in [2.05, 4.69) is 31.2 Å². The molecule has 0 fully saturated rings. The van der Waals surface area contributed by atoms with Crippen LogP contribution in [0.15, 0.2) is 23.5 Å². The number of amides is 1. The maximum atomic E-state index is 12.0. The summed E-state index contributed by atoms with van der Waals surface area (Å²) in [6.07, 6.45) is 4.97. The number of hydrogen-bond donors (Lipinski definition) is 1. The first-order valence-corrected chi connectivity index (χ1v) is 11.5. The SMILES string of the molecule is COc1cc2c(cc1Nc1ncnc3sc4c(c13)CCN(CCC(=O)N(C)C)C4)C=NC2. The highest BCUT2D eigenvalue weighted by Gasteiger charge is 2.25. The fourth-order valence-electron chi connectivity index (χ4n) is 4.28. The number of rotatable bonds is 6. The van der Waals surface area contributed by atoms with Crippen LogP contribution in [0.1, 0.15) is 28.0 Å². The van der Waals surface area contributed by atoms with Gasteiger partial charge in [-0.1, -0.05) is 0 Å². The number of methoxy groups -OCH3 is 1. The number of thiophene rings is 1. The molecule has 8 nitrogen and oxygen atoms in total. The summed E-state index contributed by atoms with van der Waals surface area (Å²) in [5.41, 5.74) is 4.46. The average molecular weight is 451 g/mol. The van der Waals surface area contributed by atoms with Crippen LogP contribution in [0.2, 0.25) is 0 Å². The van der Waals surface area contributed by atoms with Gasteiger partial charge in [0.2, 0.25) is 5.91 Å². The molecular weight excluding hydrogens is 424 g/mol. The molecule has 4 heterocycles. The van der Waals surface area contributed by atoms with Crippen LogP contribution in [-0.4, -0.2) is 66.2 Å². The number of aromatic nitrogens is 2. The first-order valence-electron chi connectivity index (χ1n) is 10.7. The average Bonchev–Trinajstić information content (AvgIpc) is 3.40. The summed E-state index contributed by atoms with van der Waals surface area (Å²) in [5, 5.41) is 4.59. The lowest BCUT2D eigenvalue weighted by Crippen LogP contribution is -2.33. The van der Waals surface area contributed by atoms with Gasteiger partial charge in [0.05, 0.1) is 24.7 Å². The third-order valence-corrected chi connectivity index (χ3v) is 7.19. The van der Waals surface area contributed by atoms with E-state index >= 15 is 0 Å². The van der Waals surface area contributed by atoms with Crippen molar-refractivity contribution in [2.75, 3.05) is 39.6 Å². The molecule has 0 saturated heterocycles. The van der Waals surface area contributed by atoms with Gasteiger partial charge in [0, 0.05) is 51.2 Å². The smallest absolute Gasteiger partial charge is 0.223 e. The molecule has 0 radical (unpaired) electrons. The molecule has 0 unspecified atom stereocenters. The molecule has 166 valence electrons. The Kier molecular flexibility index (Phi) is 5.52. The van der Waals surface area contributed by atoms with E-state index in [1.807, 2.05) is 12.3 Å². The van der Waals surface area contributed by atoms with Crippen molar-refractivity contribution in [3.63, 3.8) is 0 Å². The van der Waals surface area contributed by atoms with Crippen LogP contribution in [-0.2, 0) is 24.3 Å². The molecule has 2 aromatic heterocycles. The number of nitrogens with one attached hydrogen (secondary N) is 1. The normalized spacial score (nSPS) is 15.0. The van der Waals surface area contributed by atoms with Crippen molar-refractivity contribution in [1.82, 2.24) is 19.8 Å². The third-order valence-electron chi connectivity index (χ3n) is 6.06. The topological polar surface area (TPSA) is 82.9 Å². The van der Waals surface area contributed by atoms with Gasteiger partial charge in [-0.3, -0.25) is 14.7 Å². The molecule has 9 heteroatoms. The molecule has 1 amide bonds. The van der Waals surface area contributed by atoms with Gasteiger partial charge in [-0.05, 0) is 35.2 Å². The van der Waals surface area contributed by atoms with Gasteiger partial charge in [0.1, 0.15) is 22.7 Å². The van der Waals surface area contributed by atoms with Crippen LogP contribution in [0.4, 0.5) is 11.5 Å². The fourth-order valence-corrected chi connectivity index (χ4v) is 5.51. The van der Waals surface area contributed by atoms with Gasteiger partial charge in [-0.15, -0.1) is 11.3 Å². The van der Waals surface area contributed by atoms with E-state index in [0.29, 0.717) is 13.0 Å². The number of ether oxygens (including phenoxy) is 1.